The zero-order valence-corrected chi connectivity index (χ0v) is 14.8. The molecule has 0 spiro atoms. The number of carbonyl (C=O) groups excluding carboxylic acids is 2. The molecule has 0 aliphatic carbocycles. The fourth-order valence-corrected chi connectivity index (χ4v) is 2.33. The predicted octanol–water partition coefficient (Wildman–Crippen LogP) is 3.08. The number of benzene rings is 2. The van der Waals surface area contributed by atoms with Crippen LogP contribution in [0.3, 0.4) is 0 Å². The highest BCUT2D eigenvalue weighted by Gasteiger charge is 2.15. The summed E-state index contributed by atoms with van der Waals surface area (Å²) < 4.78 is 5.67. The first kappa shape index (κ1) is 18.5. The van der Waals surface area contributed by atoms with Gasteiger partial charge in [-0.05, 0) is 55.7 Å². The molecule has 0 fully saturated rings. The van der Waals surface area contributed by atoms with Crippen molar-refractivity contribution >= 4 is 17.5 Å². The third-order valence-corrected chi connectivity index (χ3v) is 3.81. The summed E-state index contributed by atoms with van der Waals surface area (Å²) in [6.45, 7) is 3.69. The van der Waals surface area contributed by atoms with Crippen molar-refractivity contribution in [3.63, 3.8) is 0 Å². The van der Waals surface area contributed by atoms with Gasteiger partial charge in [0.2, 0.25) is 5.91 Å². The van der Waals surface area contributed by atoms with E-state index in [2.05, 4.69) is 10.6 Å². The highest BCUT2D eigenvalue weighted by atomic mass is 16.5. The van der Waals surface area contributed by atoms with E-state index in [4.69, 9.17) is 4.74 Å². The lowest BCUT2D eigenvalue weighted by atomic mass is 10.1. The Kier molecular flexibility index (Phi) is 6.57. The molecule has 0 aliphatic rings. The molecule has 2 rings (SSSR count). The Hall–Kier alpha value is -2.82. The number of hydrogen-bond donors (Lipinski definition) is 2. The molecule has 2 aromatic rings. The van der Waals surface area contributed by atoms with Gasteiger partial charge in [0, 0.05) is 19.2 Å². The maximum Gasteiger partial charge on any atom is 0.265 e. The predicted molar refractivity (Wildman–Crippen MR) is 98.7 cm³/mol. The number of ether oxygens (including phenoxy) is 1. The molecule has 0 radical (unpaired) electrons. The summed E-state index contributed by atoms with van der Waals surface area (Å²) in [5, 5.41) is 5.44. The first-order valence-corrected chi connectivity index (χ1v) is 8.31. The van der Waals surface area contributed by atoms with E-state index < -0.39 is 6.10 Å². The molecule has 0 aromatic heterocycles. The normalized spacial score (nSPS) is 11.5. The van der Waals surface area contributed by atoms with Gasteiger partial charge in [-0.1, -0.05) is 24.3 Å². The maximum atomic E-state index is 12.3. The largest absolute Gasteiger partial charge is 0.481 e. The molecule has 1 unspecified atom stereocenters. The van der Waals surface area contributed by atoms with E-state index in [1.54, 1.807) is 14.0 Å². The summed E-state index contributed by atoms with van der Waals surface area (Å²) in [5.74, 6) is 0.478. The van der Waals surface area contributed by atoms with Gasteiger partial charge in [-0.15, -0.1) is 0 Å². The average molecular weight is 340 g/mol. The Morgan fingerprint density at radius 2 is 1.84 bits per heavy atom. The van der Waals surface area contributed by atoms with E-state index in [-0.39, 0.29) is 11.8 Å². The van der Waals surface area contributed by atoms with Gasteiger partial charge in [-0.25, -0.2) is 0 Å². The lowest BCUT2D eigenvalue weighted by molar-refractivity contribution is -0.122. The van der Waals surface area contributed by atoms with Gasteiger partial charge in [0.15, 0.2) is 6.10 Å². The molecular weight excluding hydrogens is 316 g/mol. The second kappa shape index (κ2) is 8.87. The summed E-state index contributed by atoms with van der Waals surface area (Å²) in [5.41, 5.74) is 2.83. The highest BCUT2D eigenvalue weighted by Crippen LogP contribution is 2.16. The number of rotatable bonds is 7. The molecule has 1 atom stereocenters. The van der Waals surface area contributed by atoms with E-state index in [1.807, 2.05) is 55.5 Å². The van der Waals surface area contributed by atoms with E-state index in [0.717, 1.165) is 11.1 Å². The lowest BCUT2D eigenvalue weighted by Gasteiger charge is -2.15. The van der Waals surface area contributed by atoms with Crippen molar-refractivity contribution in [2.75, 3.05) is 12.4 Å². The SMILES string of the molecule is CNC(=O)CCc1ccc(NC(=O)C(C)Oc2cccc(C)c2)cc1. The lowest BCUT2D eigenvalue weighted by Crippen LogP contribution is -2.30. The standard InChI is InChI=1S/C20H24N2O3/c1-14-5-4-6-18(13-14)25-15(2)20(24)22-17-10-7-16(8-11-17)9-12-19(23)21-3/h4-8,10-11,13,15H,9,12H2,1-3H3,(H,21,23)(H,22,24). The molecule has 0 aliphatic heterocycles. The molecule has 2 amide bonds. The number of amides is 2. The summed E-state index contributed by atoms with van der Waals surface area (Å²) in [6.07, 6.45) is 0.513. The van der Waals surface area contributed by atoms with Crippen LogP contribution < -0.4 is 15.4 Å². The van der Waals surface area contributed by atoms with Gasteiger partial charge in [-0.3, -0.25) is 9.59 Å². The minimum absolute atomic E-state index is 0.0134. The summed E-state index contributed by atoms with van der Waals surface area (Å²) in [6, 6.07) is 15.1. The smallest absolute Gasteiger partial charge is 0.265 e. The van der Waals surface area contributed by atoms with Gasteiger partial charge in [0.25, 0.3) is 5.91 Å². The number of nitrogens with one attached hydrogen (secondary N) is 2. The Morgan fingerprint density at radius 3 is 2.48 bits per heavy atom. The van der Waals surface area contributed by atoms with Crippen molar-refractivity contribution in [2.45, 2.75) is 32.8 Å². The Morgan fingerprint density at radius 1 is 1.12 bits per heavy atom. The van der Waals surface area contributed by atoms with Crippen molar-refractivity contribution in [3.05, 3.63) is 59.7 Å². The van der Waals surface area contributed by atoms with Crippen LogP contribution in [0, 0.1) is 6.92 Å². The van der Waals surface area contributed by atoms with E-state index >= 15 is 0 Å². The van der Waals surface area contributed by atoms with Crippen molar-refractivity contribution in [2.24, 2.45) is 0 Å². The van der Waals surface area contributed by atoms with Crippen molar-refractivity contribution in [3.8, 4) is 5.75 Å². The number of anilines is 1. The Bertz CT molecular complexity index is 726. The Labute approximate surface area is 148 Å². The summed E-state index contributed by atoms with van der Waals surface area (Å²) >= 11 is 0. The van der Waals surface area contributed by atoms with Gasteiger partial charge < -0.3 is 15.4 Å². The third-order valence-electron chi connectivity index (χ3n) is 3.81. The molecule has 5 heteroatoms. The van der Waals surface area contributed by atoms with Crippen molar-refractivity contribution < 1.29 is 14.3 Å². The second-order valence-corrected chi connectivity index (χ2v) is 5.94. The number of carbonyl (C=O) groups is 2. The second-order valence-electron chi connectivity index (χ2n) is 5.94. The molecule has 132 valence electrons. The van der Waals surface area contributed by atoms with Crippen LogP contribution in [0.1, 0.15) is 24.5 Å². The van der Waals surface area contributed by atoms with Crippen LogP contribution >= 0.6 is 0 Å². The van der Waals surface area contributed by atoms with Crippen LogP contribution in [0.5, 0.6) is 5.75 Å². The minimum atomic E-state index is -0.602. The molecule has 5 nitrogen and oxygen atoms in total. The highest BCUT2D eigenvalue weighted by molar-refractivity contribution is 5.94. The molecule has 0 heterocycles. The topological polar surface area (TPSA) is 67.4 Å². The van der Waals surface area contributed by atoms with Crippen LogP contribution in [0.4, 0.5) is 5.69 Å². The number of hydrogen-bond acceptors (Lipinski definition) is 3. The van der Waals surface area contributed by atoms with Crippen LogP contribution in [0.25, 0.3) is 0 Å². The van der Waals surface area contributed by atoms with Crippen molar-refractivity contribution in [1.29, 1.82) is 0 Å². The summed E-state index contributed by atoms with van der Waals surface area (Å²) in [7, 11) is 1.63. The van der Waals surface area contributed by atoms with Gasteiger partial charge in [0.05, 0.1) is 0 Å². The molecular formula is C20H24N2O3. The average Bonchev–Trinajstić information content (AvgIpc) is 2.60. The molecule has 2 N–H and O–H groups in total. The molecule has 25 heavy (non-hydrogen) atoms. The quantitative estimate of drug-likeness (QED) is 0.814. The van der Waals surface area contributed by atoms with Gasteiger partial charge >= 0.3 is 0 Å². The van der Waals surface area contributed by atoms with E-state index in [9.17, 15) is 9.59 Å². The number of aryl methyl sites for hydroxylation is 2. The first-order chi connectivity index (χ1) is 12.0. The van der Waals surface area contributed by atoms with Crippen LogP contribution in [0.2, 0.25) is 0 Å². The van der Waals surface area contributed by atoms with Gasteiger partial charge in [0.1, 0.15) is 5.75 Å². The van der Waals surface area contributed by atoms with Crippen LogP contribution in [0.15, 0.2) is 48.5 Å². The van der Waals surface area contributed by atoms with Crippen molar-refractivity contribution in [1.82, 2.24) is 5.32 Å². The molecule has 2 aromatic carbocycles. The van der Waals surface area contributed by atoms with E-state index in [0.29, 0.717) is 24.3 Å². The molecule has 0 saturated heterocycles. The monoisotopic (exact) mass is 340 g/mol. The fourth-order valence-electron chi connectivity index (χ4n) is 2.33. The summed E-state index contributed by atoms with van der Waals surface area (Å²) in [4.78, 5) is 23.5. The van der Waals surface area contributed by atoms with E-state index in [1.165, 1.54) is 0 Å². The first-order valence-electron chi connectivity index (χ1n) is 8.31. The zero-order valence-electron chi connectivity index (χ0n) is 14.8. The Balaban J connectivity index is 1.88. The molecule has 0 saturated carbocycles. The van der Waals surface area contributed by atoms with Gasteiger partial charge in [-0.2, -0.15) is 0 Å². The minimum Gasteiger partial charge on any atom is -0.481 e. The van der Waals surface area contributed by atoms with Crippen LogP contribution in [-0.4, -0.2) is 25.0 Å². The molecule has 0 bridgehead atoms. The maximum absolute atomic E-state index is 12.3. The third kappa shape index (κ3) is 5.95. The fraction of sp³-hybridized carbons (Fsp3) is 0.300. The van der Waals surface area contributed by atoms with Crippen LogP contribution in [-0.2, 0) is 16.0 Å². The zero-order chi connectivity index (χ0) is 18.2.